The number of amides is 1. The number of hydrogen-bond donors (Lipinski definition) is 1. The number of aryl methyl sites for hydroxylation is 1. The van der Waals surface area contributed by atoms with Crippen molar-refractivity contribution in [1.29, 1.82) is 0 Å². The third-order valence-electron chi connectivity index (χ3n) is 4.35. The van der Waals surface area contributed by atoms with Crippen LogP contribution in [-0.4, -0.2) is 24.7 Å². The predicted octanol–water partition coefficient (Wildman–Crippen LogP) is 3.24. The first-order chi connectivity index (χ1) is 11.6. The highest BCUT2D eigenvalue weighted by Crippen LogP contribution is 2.34. The number of halogens is 1. The van der Waals surface area contributed by atoms with Crippen LogP contribution < -0.4 is 9.64 Å². The molecule has 0 fully saturated rings. The highest BCUT2D eigenvalue weighted by molar-refractivity contribution is 5.94. The van der Waals surface area contributed by atoms with Crippen LogP contribution in [0.3, 0.4) is 0 Å². The quantitative estimate of drug-likeness (QED) is 0.937. The lowest BCUT2D eigenvalue weighted by Gasteiger charge is -2.32. The molecule has 5 heteroatoms. The molecule has 3 rings (SSSR count). The minimum Gasteiger partial charge on any atom is -0.497 e. The molecule has 24 heavy (non-hydrogen) atoms. The Morgan fingerprint density at radius 2 is 2.04 bits per heavy atom. The third-order valence-corrected chi connectivity index (χ3v) is 4.35. The van der Waals surface area contributed by atoms with E-state index in [9.17, 15) is 14.3 Å². The predicted molar refractivity (Wildman–Crippen MR) is 89.6 cm³/mol. The van der Waals surface area contributed by atoms with Gasteiger partial charge >= 0.3 is 0 Å². The summed E-state index contributed by atoms with van der Waals surface area (Å²) in [5.74, 6) is 0.358. The number of fused-ring (bicyclic) bond motifs is 1. The van der Waals surface area contributed by atoms with Crippen molar-refractivity contribution >= 4 is 11.6 Å². The average molecular weight is 329 g/mol. The standard InChI is InChI=1S/C19H20FNO3/c1-24-15-6-2-13(3-7-15)4-9-19(23)21-11-10-18(22)16-12-14(20)5-8-17(16)21/h2-3,5-8,12,18,22H,4,9-11H2,1H3. The maximum absolute atomic E-state index is 13.4. The molecule has 1 unspecified atom stereocenters. The normalized spacial score (nSPS) is 16.6. The smallest absolute Gasteiger partial charge is 0.227 e. The Kier molecular flexibility index (Phi) is 4.81. The summed E-state index contributed by atoms with van der Waals surface area (Å²) < 4.78 is 18.5. The summed E-state index contributed by atoms with van der Waals surface area (Å²) >= 11 is 0. The van der Waals surface area contributed by atoms with E-state index in [4.69, 9.17) is 4.74 Å². The van der Waals surface area contributed by atoms with Crippen LogP contribution in [0, 0.1) is 5.82 Å². The van der Waals surface area contributed by atoms with Crippen molar-refractivity contribution in [2.24, 2.45) is 0 Å². The Hall–Kier alpha value is -2.40. The number of ether oxygens (including phenoxy) is 1. The van der Waals surface area contributed by atoms with Crippen LogP contribution in [0.2, 0.25) is 0 Å². The van der Waals surface area contributed by atoms with Crippen molar-refractivity contribution in [2.45, 2.75) is 25.4 Å². The zero-order chi connectivity index (χ0) is 17.1. The molecule has 2 aromatic carbocycles. The molecule has 0 spiro atoms. The molecule has 1 aliphatic heterocycles. The van der Waals surface area contributed by atoms with E-state index in [0.717, 1.165) is 11.3 Å². The summed E-state index contributed by atoms with van der Waals surface area (Å²) in [5, 5.41) is 10.0. The molecule has 0 radical (unpaired) electrons. The van der Waals surface area contributed by atoms with E-state index in [0.29, 0.717) is 37.1 Å². The molecule has 0 saturated carbocycles. The minimum atomic E-state index is -0.721. The number of aliphatic hydroxyl groups excluding tert-OH is 1. The Bertz CT molecular complexity index is 730. The van der Waals surface area contributed by atoms with Gasteiger partial charge in [0, 0.05) is 24.2 Å². The summed E-state index contributed by atoms with van der Waals surface area (Å²) in [4.78, 5) is 14.2. The van der Waals surface area contributed by atoms with Gasteiger partial charge in [-0.05, 0) is 48.7 Å². The molecule has 1 amide bonds. The first-order valence-electron chi connectivity index (χ1n) is 7.99. The van der Waals surface area contributed by atoms with Gasteiger partial charge in [-0.25, -0.2) is 4.39 Å². The molecule has 2 aromatic rings. The van der Waals surface area contributed by atoms with E-state index in [-0.39, 0.29) is 5.91 Å². The van der Waals surface area contributed by atoms with Crippen LogP contribution in [0.4, 0.5) is 10.1 Å². The van der Waals surface area contributed by atoms with Gasteiger partial charge in [0.05, 0.1) is 13.2 Å². The molecule has 1 atom stereocenters. The molecule has 126 valence electrons. The summed E-state index contributed by atoms with van der Waals surface area (Å²) in [6.45, 7) is 0.446. The van der Waals surface area contributed by atoms with Crippen LogP contribution in [0.25, 0.3) is 0 Å². The molecule has 0 aromatic heterocycles. The topological polar surface area (TPSA) is 49.8 Å². The second-order valence-corrected chi connectivity index (χ2v) is 5.90. The maximum Gasteiger partial charge on any atom is 0.227 e. The van der Waals surface area contributed by atoms with Crippen LogP contribution in [0.1, 0.15) is 30.1 Å². The SMILES string of the molecule is COc1ccc(CCC(=O)N2CCC(O)c3cc(F)ccc32)cc1. The van der Waals surface area contributed by atoms with Crippen molar-refractivity contribution in [3.05, 3.63) is 59.4 Å². The van der Waals surface area contributed by atoms with Gasteiger partial charge in [0.2, 0.25) is 5.91 Å². The number of hydrogen-bond acceptors (Lipinski definition) is 3. The number of carbonyl (C=O) groups excluding carboxylic acids is 1. The lowest BCUT2D eigenvalue weighted by atomic mass is 9.98. The first-order valence-corrected chi connectivity index (χ1v) is 7.99. The molecule has 1 N–H and O–H groups in total. The van der Waals surface area contributed by atoms with Crippen molar-refractivity contribution in [3.63, 3.8) is 0 Å². The van der Waals surface area contributed by atoms with Gasteiger partial charge in [-0.3, -0.25) is 4.79 Å². The fraction of sp³-hybridized carbons (Fsp3) is 0.316. The highest BCUT2D eigenvalue weighted by Gasteiger charge is 2.27. The van der Waals surface area contributed by atoms with Crippen LogP contribution in [0.5, 0.6) is 5.75 Å². The molecule has 1 heterocycles. The lowest BCUT2D eigenvalue weighted by molar-refractivity contribution is -0.118. The number of aliphatic hydroxyl groups is 1. The maximum atomic E-state index is 13.4. The molecule has 0 saturated heterocycles. The number of methoxy groups -OCH3 is 1. The second-order valence-electron chi connectivity index (χ2n) is 5.90. The van der Waals surface area contributed by atoms with Gasteiger partial charge in [-0.1, -0.05) is 12.1 Å². The van der Waals surface area contributed by atoms with Crippen molar-refractivity contribution in [1.82, 2.24) is 0 Å². The summed E-state index contributed by atoms with van der Waals surface area (Å²) in [6.07, 6.45) is 0.684. The molecular weight excluding hydrogens is 309 g/mol. The van der Waals surface area contributed by atoms with Gasteiger partial charge < -0.3 is 14.7 Å². The zero-order valence-corrected chi connectivity index (χ0v) is 13.5. The molecular formula is C19H20FNO3. The Balaban J connectivity index is 1.70. The van der Waals surface area contributed by atoms with Gasteiger partial charge in [0.15, 0.2) is 0 Å². The van der Waals surface area contributed by atoms with Gasteiger partial charge in [-0.15, -0.1) is 0 Å². The number of nitrogens with zero attached hydrogens (tertiary/aromatic N) is 1. The summed E-state index contributed by atoms with van der Waals surface area (Å²) in [6, 6.07) is 11.8. The number of rotatable bonds is 4. The van der Waals surface area contributed by atoms with E-state index in [2.05, 4.69) is 0 Å². The number of anilines is 1. The van der Waals surface area contributed by atoms with Gasteiger partial charge in [0.25, 0.3) is 0 Å². The Morgan fingerprint density at radius 1 is 1.29 bits per heavy atom. The van der Waals surface area contributed by atoms with Gasteiger partial charge in [0.1, 0.15) is 11.6 Å². The molecule has 0 bridgehead atoms. The van der Waals surface area contributed by atoms with E-state index in [1.54, 1.807) is 18.1 Å². The summed E-state index contributed by atoms with van der Waals surface area (Å²) in [7, 11) is 1.61. The van der Waals surface area contributed by atoms with E-state index in [1.165, 1.54) is 12.1 Å². The molecule has 4 nitrogen and oxygen atoms in total. The highest BCUT2D eigenvalue weighted by atomic mass is 19.1. The van der Waals surface area contributed by atoms with E-state index >= 15 is 0 Å². The molecule has 1 aliphatic rings. The number of carbonyl (C=O) groups is 1. The van der Waals surface area contributed by atoms with Crippen LogP contribution in [-0.2, 0) is 11.2 Å². The largest absolute Gasteiger partial charge is 0.497 e. The lowest BCUT2D eigenvalue weighted by Crippen LogP contribution is -2.36. The van der Waals surface area contributed by atoms with Crippen LogP contribution in [0.15, 0.2) is 42.5 Å². The van der Waals surface area contributed by atoms with Crippen molar-refractivity contribution in [3.8, 4) is 5.75 Å². The van der Waals surface area contributed by atoms with Gasteiger partial charge in [-0.2, -0.15) is 0 Å². The van der Waals surface area contributed by atoms with Crippen molar-refractivity contribution < 1.29 is 19.0 Å². The fourth-order valence-electron chi connectivity index (χ4n) is 3.00. The fourth-order valence-corrected chi connectivity index (χ4v) is 3.00. The van der Waals surface area contributed by atoms with E-state index < -0.39 is 11.9 Å². The summed E-state index contributed by atoms with van der Waals surface area (Å²) in [5.41, 5.74) is 2.15. The minimum absolute atomic E-state index is 0.0226. The number of benzene rings is 2. The van der Waals surface area contributed by atoms with Crippen molar-refractivity contribution in [2.75, 3.05) is 18.6 Å². The second kappa shape index (κ2) is 7.01. The molecule has 0 aliphatic carbocycles. The zero-order valence-electron chi connectivity index (χ0n) is 13.5. The van der Waals surface area contributed by atoms with Crippen LogP contribution >= 0.6 is 0 Å². The Labute approximate surface area is 140 Å². The average Bonchev–Trinajstić information content (AvgIpc) is 2.61. The monoisotopic (exact) mass is 329 g/mol. The third kappa shape index (κ3) is 3.41. The Morgan fingerprint density at radius 3 is 2.75 bits per heavy atom. The first kappa shape index (κ1) is 16.5. The van der Waals surface area contributed by atoms with E-state index in [1.807, 2.05) is 24.3 Å².